The number of rotatable bonds is 8. The Kier molecular flexibility index (Phi) is 5.57. The topological polar surface area (TPSA) is 53.4 Å². The SMILES string of the molecule is C#CCN(C)CCCNC(=O)N1CC(C)(C)C1c1nccn1CC1CC1. The summed E-state index contributed by atoms with van der Waals surface area (Å²) in [7, 11) is 2.00. The highest BCUT2D eigenvalue weighted by molar-refractivity contribution is 5.76. The van der Waals surface area contributed by atoms with Crippen LogP contribution in [-0.4, -0.2) is 58.6 Å². The molecule has 0 aromatic carbocycles. The van der Waals surface area contributed by atoms with E-state index in [1.807, 2.05) is 18.1 Å². The molecular formula is C20H31N5O. The van der Waals surface area contributed by atoms with E-state index in [1.54, 1.807) is 0 Å². The number of aromatic nitrogens is 2. The van der Waals surface area contributed by atoms with Gasteiger partial charge in [-0.25, -0.2) is 9.78 Å². The smallest absolute Gasteiger partial charge is 0.318 e. The zero-order valence-electron chi connectivity index (χ0n) is 16.2. The number of carbonyl (C=O) groups excluding carboxylic acids is 1. The molecule has 3 rings (SSSR count). The second kappa shape index (κ2) is 7.71. The third-order valence-corrected chi connectivity index (χ3v) is 5.39. The zero-order valence-corrected chi connectivity index (χ0v) is 16.2. The number of imidazole rings is 1. The van der Waals surface area contributed by atoms with Crippen molar-refractivity contribution in [2.45, 2.75) is 45.7 Å². The second-order valence-corrected chi connectivity index (χ2v) is 8.43. The standard InChI is InChI=1S/C20H31N5O/c1-5-11-23(4)12-6-9-22-19(26)25-15-20(2,3)17(25)18-21-10-13-24(18)14-16-7-8-16/h1,10,13,16-17H,6-9,11-12,14-15H2,2-4H3,(H,22,26). The molecule has 142 valence electrons. The van der Waals surface area contributed by atoms with Crippen LogP contribution in [0.3, 0.4) is 0 Å². The number of urea groups is 1. The number of carbonyl (C=O) groups is 1. The zero-order chi connectivity index (χ0) is 18.7. The van der Waals surface area contributed by atoms with Crippen LogP contribution in [0.1, 0.15) is 45.0 Å². The van der Waals surface area contributed by atoms with Gasteiger partial charge in [-0.2, -0.15) is 0 Å². The van der Waals surface area contributed by atoms with Crippen molar-refractivity contribution in [3.63, 3.8) is 0 Å². The summed E-state index contributed by atoms with van der Waals surface area (Å²) in [6, 6.07) is 0.0512. The first-order valence-electron chi connectivity index (χ1n) is 9.60. The molecule has 0 bridgehead atoms. The highest BCUT2D eigenvalue weighted by atomic mass is 16.2. The third-order valence-electron chi connectivity index (χ3n) is 5.39. The van der Waals surface area contributed by atoms with E-state index in [4.69, 9.17) is 6.42 Å². The minimum absolute atomic E-state index is 0.00917. The maximum Gasteiger partial charge on any atom is 0.318 e. The number of hydrogen-bond donors (Lipinski definition) is 1. The summed E-state index contributed by atoms with van der Waals surface area (Å²) < 4.78 is 2.25. The lowest BCUT2D eigenvalue weighted by Gasteiger charge is -2.53. The maximum atomic E-state index is 12.7. The summed E-state index contributed by atoms with van der Waals surface area (Å²) >= 11 is 0. The fourth-order valence-corrected chi connectivity index (χ4v) is 3.79. The molecule has 6 nitrogen and oxygen atoms in total. The molecule has 1 aliphatic heterocycles. The highest BCUT2D eigenvalue weighted by Gasteiger charge is 2.51. The Morgan fingerprint density at radius 2 is 2.27 bits per heavy atom. The van der Waals surface area contributed by atoms with Gasteiger partial charge in [0.25, 0.3) is 0 Å². The molecule has 1 atom stereocenters. The predicted molar refractivity (Wildman–Crippen MR) is 103 cm³/mol. The fourth-order valence-electron chi connectivity index (χ4n) is 3.79. The van der Waals surface area contributed by atoms with E-state index in [0.29, 0.717) is 13.1 Å². The van der Waals surface area contributed by atoms with Gasteiger partial charge in [0.15, 0.2) is 0 Å². The van der Waals surface area contributed by atoms with Crippen molar-refractivity contribution < 1.29 is 4.79 Å². The van der Waals surface area contributed by atoms with Gasteiger partial charge >= 0.3 is 6.03 Å². The third kappa shape index (κ3) is 4.21. The second-order valence-electron chi connectivity index (χ2n) is 8.43. The van der Waals surface area contributed by atoms with Gasteiger partial charge in [0.05, 0.1) is 12.6 Å². The van der Waals surface area contributed by atoms with Crippen molar-refractivity contribution >= 4 is 6.03 Å². The first-order chi connectivity index (χ1) is 12.4. The Labute approximate surface area is 156 Å². The number of amides is 2. The van der Waals surface area contributed by atoms with E-state index in [0.717, 1.165) is 37.8 Å². The Morgan fingerprint density at radius 3 is 2.92 bits per heavy atom. The van der Waals surface area contributed by atoms with E-state index < -0.39 is 0 Å². The van der Waals surface area contributed by atoms with Crippen molar-refractivity contribution in [1.29, 1.82) is 0 Å². The van der Waals surface area contributed by atoms with Crippen LogP contribution in [0.4, 0.5) is 4.79 Å². The van der Waals surface area contributed by atoms with Crippen molar-refractivity contribution in [3.05, 3.63) is 18.2 Å². The van der Waals surface area contributed by atoms with E-state index in [1.165, 1.54) is 12.8 Å². The molecule has 2 amide bonds. The summed E-state index contributed by atoms with van der Waals surface area (Å²) in [6.07, 6.45) is 12.7. The van der Waals surface area contributed by atoms with Crippen LogP contribution < -0.4 is 5.32 Å². The molecule has 1 N–H and O–H groups in total. The molecule has 1 saturated heterocycles. The minimum Gasteiger partial charge on any atom is -0.338 e. The molecule has 26 heavy (non-hydrogen) atoms. The average molecular weight is 358 g/mol. The summed E-state index contributed by atoms with van der Waals surface area (Å²) in [4.78, 5) is 21.3. The molecule has 2 aliphatic rings. The summed E-state index contributed by atoms with van der Waals surface area (Å²) in [5.74, 6) is 4.44. The average Bonchev–Trinajstić information content (AvgIpc) is 3.29. The fraction of sp³-hybridized carbons (Fsp3) is 0.700. The molecule has 0 spiro atoms. The number of nitrogens with one attached hydrogen (secondary N) is 1. The van der Waals surface area contributed by atoms with E-state index in [2.05, 4.69) is 45.7 Å². The number of terminal acetylenes is 1. The molecule has 1 aromatic heterocycles. The van der Waals surface area contributed by atoms with Crippen LogP contribution in [0.25, 0.3) is 0 Å². The summed E-state index contributed by atoms with van der Waals surface area (Å²) in [5.41, 5.74) is 0.0526. The van der Waals surface area contributed by atoms with Gasteiger partial charge in [-0.15, -0.1) is 6.42 Å². The van der Waals surface area contributed by atoms with Gasteiger partial charge in [-0.05, 0) is 32.2 Å². The summed E-state index contributed by atoms with van der Waals surface area (Å²) in [5, 5.41) is 3.06. The Morgan fingerprint density at radius 1 is 1.50 bits per heavy atom. The quantitative estimate of drug-likeness (QED) is 0.574. The van der Waals surface area contributed by atoms with Gasteiger partial charge in [0.2, 0.25) is 0 Å². The van der Waals surface area contributed by atoms with E-state index in [9.17, 15) is 4.79 Å². The van der Waals surface area contributed by atoms with Crippen LogP contribution in [0.2, 0.25) is 0 Å². The van der Waals surface area contributed by atoms with Crippen LogP contribution in [0, 0.1) is 23.7 Å². The molecule has 2 heterocycles. The lowest BCUT2D eigenvalue weighted by molar-refractivity contribution is -0.0235. The number of nitrogens with zero attached hydrogens (tertiary/aromatic N) is 4. The van der Waals surface area contributed by atoms with Gasteiger partial charge < -0.3 is 14.8 Å². The van der Waals surface area contributed by atoms with Crippen molar-refractivity contribution in [2.75, 3.05) is 33.2 Å². The maximum absolute atomic E-state index is 12.7. The van der Waals surface area contributed by atoms with E-state index >= 15 is 0 Å². The minimum atomic E-state index is 0.00917. The first kappa shape index (κ1) is 18.8. The summed E-state index contributed by atoms with van der Waals surface area (Å²) in [6.45, 7) is 8.40. The lowest BCUT2D eigenvalue weighted by atomic mass is 9.74. The Hall–Kier alpha value is -2.00. The monoisotopic (exact) mass is 357 g/mol. The van der Waals surface area contributed by atoms with Gasteiger partial charge in [0, 0.05) is 44.0 Å². The van der Waals surface area contributed by atoms with Gasteiger partial charge in [0.1, 0.15) is 5.82 Å². The molecule has 1 saturated carbocycles. The number of likely N-dealkylation sites (tertiary alicyclic amines) is 1. The van der Waals surface area contributed by atoms with Crippen LogP contribution >= 0.6 is 0 Å². The van der Waals surface area contributed by atoms with E-state index in [-0.39, 0.29) is 17.5 Å². The van der Waals surface area contributed by atoms with Crippen LogP contribution in [0.15, 0.2) is 12.4 Å². The predicted octanol–water partition coefficient (Wildman–Crippen LogP) is 2.34. The highest BCUT2D eigenvalue weighted by Crippen LogP contribution is 2.48. The Bertz CT molecular complexity index is 670. The molecular weight excluding hydrogens is 326 g/mol. The molecule has 1 aromatic rings. The molecule has 6 heteroatoms. The van der Waals surface area contributed by atoms with Gasteiger partial charge in [-0.3, -0.25) is 4.90 Å². The Balaban J connectivity index is 1.55. The first-order valence-corrected chi connectivity index (χ1v) is 9.60. The normalized spacial score (nSPS) is 21.3. The largest absolute Gasteiger partial charge is 0.338 e. The molecule has 2 fully saturated rings. The number of hydrogen-bond acceptors (Lipinski definition) is 3. The van der Waals surface area contributed by atoms with Crippen LogP contribution in [-0.2, 0) is 6.54 Å². The van der Waals surface area contributed by atoms with Gasteiger partial charge in [-0.1, -0.05) is 19.8 Å². The molecule has 1 unspecified atom stereocenters. The van der Waals surface area contributed by atoms with Crippen molar-refractivity contribution in [3.8, 4) is 12.3 Å². The van der Waals surface area contributed by atoms with Crippen molar-refractivity contribution in [2.24, 2.45) is 11.3 Å². The van der Waals surface area contributed by atoms with Crippen molar-refractivity contribution in [1.82, 2.24) is 24.7 Å². The van der Waals surface area contributed by atoms with Crippen LogP contribution in [0.5, 0.6) is 0 Å². The lowest BCUT2D eigenvalue weighted by Crippen LogP contribution is -2.61. The molecule has 0 radical (unpaired) electrons. The molecule has 1 aliphatic carbocycles.